The van der Waals surface area contributed by atoms with Gasteiger partial charge in [0.2, 0.25) is 5.88 Å². The number of aryl methyl sites for hydroxylation is 1. The zero-order valence-electron chi connectivity index (χ0n) is 16.1. The summed E-state index contributed by atoms with van der Waals surface area (Å²) in [4.78, 5) is 26.4. The molecule has 2 aliphatic rings. The zero-order valence-corrected chi connectivity index (χ0v) is 16.1. The Labute approximate surface area is 163 Å². The van der Waals surface area contributed by atoms with Gasteiger partial charge in [0.25, 0.3) is 5.91 Å². The second-order valence-electron chi connectivity index (χ2n) is 7.85. The van der Waals surface area contributed by atoms with E-state index in [1.54, 1.807) is 6.33 Å². The summed E-state index contributed by atoms with van der Waals surface area (Å²) >= 11 is 0. The van der Waals surface area contributed by atoms with Crippen LogP contribution in [0.3, 0.4) is 0 Å². The Bertz CT molecular complexity index is 1050. The van der Waals surface area contributed by atoms with Crippen LogP contribution in [0.4, 0.5) is 0 Å². The number of fused-ring (bicyclic) bond motifs is 1. The lowest BCUT2D eigenvalue weighted by Crippen LogP contribution is -2.34. The first-order valence-electron chi connectivity index (χ1n) is 9.88. The summed E-state index contributed by atoms with van der Waals surface area (Å²) in [5, 5.41) is 3.06. The highest BCUT2D eigenvalue weighted by atomic mass is 16.5. The minimum Gasteiger partial charge on any atom is -0.474 e. The first-order chi connectivity index (χ1) is 13.6. The fraction of sp³-hybridized carbons (Fsp3) is 0.429. The van der Waals surface area contributed by atoms with Gasteiger partial charge in [0.15, 0.2) is 11.3 Å². The number of carbonyl (C=O) groups excluding carboxylic acids is 1. The molecule has 0 aliphatic heterocycles. The van der Waals surface area contributed by atoms with Gasteiger partial charge in [-0.2, -0.15) is 0 Å². The van der Waals surface area contributed by atoms with Crippen LogP contribution < -0.4 is 10.1 Å². The first-order valence-corrected chi connectivity index (χ1v) is 9.88. The maximum absolute atomic E-state index is 12.7. The van der Waals surface area contributed by atoms with E-state index in [1.807, 2.05) is 42.5 Å². The van der Waals surface area contributed by atoms with E-state index in [0.29, 0.717) is 34.9 Å². The van der Waals surface area contributed by atoms with Crippen molar-refractivity contribution < 1.29 is 9.53 Å². The number of nitrogens with one attached hydrogen (secondary N) is 1. The number of rotatable bonds is 6. The topological polar surface area (TPSA) is 81.4 Å². The highest BCUT2D eigenvalue weighted by molar-refractivity contribution is 5.98. The molecule has 5 rings (SSSR count). The number of hydrogen-bond donors (Lipinski definition) is 1. The Morgan fingerprint density at radius 2 is 2.04 bits per heavy atom. The zero-order chi connectivity index (χ0) is 19.3. The molecule has 144 valence electrons. The van der Waals surface area contributed by atoms with Gasteiger partial charge >= 0.3 is 0 Å². The molecule has 7 nitrogen and oxygen atoms in total. The normalized spacial score (nSPS) is 17.5. The Balaban J connectivity index is 1.49. The summed E-state index contributed by atoms with van der Waals surface area (Å²) in [5.41, 5.74) is 3.27. The van der Waals surface area contributed by atoms with Gasteiger partial charge in [0, 0.05) is 17.8 Å². The molecule has 0 saturated heterocycles. The number of pyridine rings is 1. The molecule has 3 heterocycles. The number of ether oxygens (including phenoxy) is 1. The largest absolute Gasteiger partial charge is 0.474 e. The fourth-order valence-corrected chi connectivity index (χ4v) is 3.38. The van der Waals surface area contributed by atoms with Crippen molar-refractivity contribution in [2.45, 2.75) is 51.7 Å². The minimum absolute atomic E-state index is 0.159. The van der Waals surface area contributed by atoms with Crippen LogP contribution >= 0.6 is 0 Å². The molecule has 3 aromatic rings. The van der Waals surface area contributed by atoms with E-state index in [-0.39, 0.29) is 11.9 Å². The van der Waals surface area contributed by atoms with Crippen LogP contribution in [0.2, 0.25) is 0 Å². The van der Waals surface area contributed by atoms with Crippen LogP contribution in [-0.2, 0) is 0 Å². The van der Waals surface area contributed by atoms with Gasteiger partial charge < -0.3 is 10.1 Å². The maximum atomic E-state index is 12.7. The van der Waals surface area contributed by atoms with Crippen LogP contribution in [0.15, 0.2) is 30.6 Å². The molecule has 28 heavy (non-hydrogen) atoms. The van der Waals surface area contributed by atoms with E-state index in [4.69, 9.17) is 9.72 Å². The third-order valence-corrected chi connectivity index (χ3v) is 5.39. The van der Waals surface area contributed by atoms with Crippen LogP contribution in [-0.4, -0.2) is 37.4 Å². The fourth-order valence-electron chi connectivity index (χ4n) is 3.38. The van der Waals surface area contributed by atoms with Crippen molar-refractivity contribution in [2.24, 2.45) is 5.92 Å². The summed E-state index contributed by atoms with van der Waals surface area (Å²) in [7, 11) is 0. The second kappa shape index (κ2) is 6.58. The van der Waals surface area contributed by atoms with Gasteiger partial charge in [-0.15, -0.1) is 0 Å². The van der Waals surface area contributed by atoms with Gasteiger partial charge in [0.05, 0.1) is 11.4 Å². The van der Waals surface area contributed by atoms with Gasteiger partial charge in [-0.05, 0) is 57.6 Å². The van der Waals surface area contributed by atoms with Crippen LogP contribution in [0.25, 0.3) is 17.0 Å². The average Bonchev–Trinajstić information content (AvgIpc) is 3.60. The molecule has 2 aliphatic carbocycles. The van der Waals surface area contributed by atoms with Crippen molar-refractivity contribution in [1.29, 1.82) is 0 Å². The van der Waals surface area contributed by atoms with Gasteiger partial charge in [-0.3, -0.25) is 9.20 Å². The van der Waals surface area contributed by atoms with Crippen LogP contribution in [0.1, 0.15) is 48.8 Å². The molecular formula is C21H23N5O2. The predicted molar refractivity (Wildman–Crippen MR) is 104 cm³/mol. The van der Waals surface area contributed by atoms with Crippen molar-refractivity contribution >= 4 is 11.6 Å². The molecule has 0 bridgehead atoms. The molecule has 3 aromatic heterocycles. The first kappa shape index (κ1) is 17.2. The standard InChI is InChI=1S/C21H23N5O2/c1-12-10-17(16-4-3-5-18(24-16)28-15-8-9-15)25-20-19(22-11-26(12)20)21(27)23-13(2)14-6-7-14/h3-5,10-11,13-15H,6-9H2,1-2H3,(H,23,27). The highest BCUT2D eigenvalue weighted by Gasteiger charge is 2.30. The van der Waals surface area contributed by atoms with Gasteiger partial charge in [-0.25, -0.2) is 15.0 Å². The van der Waals surface area contributed by atoms with Gasteiger partial charge in [-0.1, -0.05) is 6.07 Å². The Morgan fingerprint density at radius 3 is 2.79 bits per heavy atom. The number of carbonyl (C=O) groups is 1. The monoisotopic (exact) mass is 377 g/mol. The van der Waals surface area contributed by atoms with Crippen molar-refractivity contribution in [3.8, 4) is 17.3 Å². The Kier molecular flexibility index (Phi) is 4.03. The molecule has 2 fully saturated rings. The minimum atomic E-state index is -0.176. The molecular weight excluding hydrogens is 354 g/mol. The van der Waals surface area contributed by atoms with E-state index < -0.39 is 0 Å². The van der Waals surface area contributed by atoms with Crippen molar-refractivity contribution in [3.63, 3.8) is 0 Å². The molecule has 1 unspecified atom stereocenters. The molecule has 0 spiro atoms. The molecule has 0 radical (unpaired) electrons. The van der Waals surface area contributed by atoms with Crippen LogP contribution in [0, 0.1) is 12.8 Å². The smallest absolute Gasteiger partial charge is 0.274 e. The maximum Gasteiger partial charge on any atom is 0.274 e. The third kappa shape index (κ3) is 3.32. The van der Waals surface area contributed by atoms with E-state index in [1.165, 1.54) is 12.8 Å². The second-order valence-corrected chi connectivity index (χ2v) is 7.85. The Morgan fingerprint density at radius 1 is 1.21 bits per heavy atom. The predicted octanol–water partition coefficient (Wildman–Crippen LogP) is 3.17. The molecule has 0 aromatic carbocycles. The van der Waals surface area contributed by atoms with Crippen molar-refractivity contribution in [3.05, 3.63) is 42.0 Å². The SMILES string of the molecule is Cc1cc(-c2cccc(OC3CC3)n2)nc2c(C(=O)NC(C)C3CC3)ncn12. The summed E-state index contributed by atoms with van der Waals surface area (Å²) in [6.07, 6.45) is 6.47. The summed E-state index contributed by atoms with van der Waals surface area (Å²) in [5.74, 6) is 1.02. The lowest BCUT2D eigenvalue weighted by Gasteiger charge is -2.12. The third-order valence-electron chi connectivity index (χ3n) is 5.39. The lowest BCUT2D eigenvalue weighted by atomic mass is 10.2. The Hall–Kier alpha value is -2.96. The molecule has 2 saturated carbocycles. The van der Waals surface area contributed by atoms with E-state index in [0.717, 1.165) is 24.2 Å². The molecule has 1 N–H and O–H groups in total. The molecule has 1 amide bonds. The average molecular weight is 377 g/mol. The quantitative estimate of drug-likeness (QED) is 0.714. The molecule has 7 heteroatoms. The van der Waals surface area contributed by atoms with E-state index in [9.17, 15) is 4.79 Å². The summed E-state index contributed by atoms with van der Waals surface area (Å²) in [6, 6.07) is 7.80. The summed E-state index contributed by atoms with van der Waals surface area (Å²) < 4.78 is 7.64. The van der Waals surface area contributed by atoms with Crippen LogP contribution in [0.5, 0.6) is 5.88 Å². The van der Waals surface area contributed by atoms with Gasteiger partial charge in [0.1, 0.15) is 12.4 Å². The number of aromatic nitrogens is 4. The number of nitrogens with zero attached hydrogens (tertiary/aromatic N) is 4. The van der Waals surface area contributed by atoms with E-state index >= 15 is 0 Å². The van der Waals surface area contributed by atoms with E-state index in [2.05, 4.69) is 15.3 Å². The number of imidazole rings is 1. The van der Waals surface area contributed by atoms with Crippen molar-refractivity contribution in [1.82, 2.24) is 24.7 Å². The molecule has 1 atom stereocenters. The summed E-state index contributed by atoms with van der Waals surface area (Å²) in [6.45, 7) is 4.02. The lowest BCUT2D eigenvalue weighted by molar-refractivity contribution is 0.0933. The number of hydrogen-bond acceptors (Lipinski definition) is 5. The number of amides is 1. The highest BCUT2D eigenvalue weighted by Crippen LogP contribution is 2.32. The van der Waals surface area contributed by atoms with Crippen molar-refractivity contribution in [2.75, 3.05) is 0 Å².